The third kappa shape index (κ3) is 12.3. The van der Waals surface area contributed by atoms with Crippen molar-refractivity contribution in [1.29, 1.82) is 0 Å². The summed E-state index contributed by atoms with van der Waals surface area (Å²) in [5.74, 6) is 0. The Morgan fingerprint density at radius 2 is 1.42 bits per heavy atom. The Hall–Kier alpha value is -0.370. The van der Waals surface area contributed by atoms with Gasteiger partial charge in [0.05, 0.1) is 0 Å². The molecule has 2 heteroatoms. The van der Waals surface area contributed by atoms with Gasteiger partial charge in [0, 0.05) is 6.04 Å². The molecule has 0 radical (unpaired) electrons. The fraction of sp³-hybridized carbons (Fsp3) is 0.900. The maximum Gasteiger partial charge on any atom is 0.106 e. The molecule has 0 spiro atoms. The van der Waals surface area contributed by atoms with E-state index in [1.54, 1.807) is 0 Å². The molecule has 0 amide bonds. The summed E-state index contributed by atoms with van der Waals surface area (Å²) in [5.41, 5.74) is 5.63. The van der Waals surface area contributed by atoms with Crippen LogP contribution in [-0.4, -0.2) is 12.8 Å². The van der Waals surface area contributed by atoms with Crippen LogP contribution in [0, 0.1) is 0 Å². The smallest absolute Gasteiger partial charge is 0.106 e. The van der Waals surface area contributed by atoms with Crippen molar-refractivity contribution < 1.29 is 4.79 Å². The first-order valence-corrected chi connectivity index (χ1v) is 4.44. The molecule has 0 heterocycles. The van der Waals surface area contributed by atoms with Crippen LogP contribution in [0.4, 0.5) is 0 Å². The molecule has 0 atom stereocenters. The highest BCUT2D eigenvalue weighted by Crippen LogP contribution is 2.14. The van der Waals surface area contributed by atoms with Crippen LogP contribution in [0.25, 0.3) is 0 Å². The molecule has 2 N–H and O–H groups in total. The highest BCUT2D eigenvalue weighted by atomic mass is 16.1. The van der Waals surface area contributed by atoms with Gasteiger partial charge in [0.15, 0.2) is 0 Å². The summed E-state index contributed by atoms with van der Waals surface area (Å²) in [6, 6.07) is 0.536. The minimum atomic E-state index is 0. The van der Waals surface area contributed by atoms with Gasteiger partial charge in [-0.1, -0.05) is 40.5 Å². The zero-order chi connectivity index (χ0) is 9.11. The van der Waals surface area contributed by atoms with Gasteiger partial charge in [-0.15, -0.1) is 0 Å². The van der Waals surface area contributed by atoms with E-state index < -0.39 is 0 Å². The van der Waals surface area contributed by atoms with Gasteiger partial charge in [-0.3, -0.25) is 0 Å². The number of carbonyl (C=O) groups excluding carboxylic acids is 1. The second-order valence-electron chi connectivity index (χ2n) is 2.40. The second kappa shape index (κ2) is 16.9. The third-order valence-electron chi connectivity index (χ3n) is 1.65. The largest absolute Gasteiger partial charge is 0.328 e. The molecular formula is C10H25NO. The molecule has 0 bridgehead atoms. The summed E-state index contributed by atoms with van der Waals surface area (Å²) in [7, 11) is 0. The lowest BCUT2D eigenvalue weighted by Crippen LogP contribution is -2.22. The summed E-state index contributed by atoms with van der Waals surface area (Å²) < 4.78 is 0. The van der Waals surface area contributed by atoms with E-state index in [1.807, 2.05) is 20.6 Å². The molecule has 1 rings (SSSR count). The Labute approximate surface area is 77.5 Å². The summed E-state index contributed by atoms with van der Waals surface area (Å²) in [5, 5.41) is 0. The van der Waals surface area contributed by atoms with Crippen molar-refractivity contribution in [3.8, 4) is 0 Å². The average molecular weight is 175 g/mol. The van der Waals surface area contributed by atoms with Crippen molar-refractivity contribution in [3.63, 3.8) is 0 Å². The molecule has 2 nitrogen and oxygen atoms in total. The molecule has 0 aromatic heterocycles. The van der Waals surface area contributed by atoms with Crippen molar-refractivity contribution >= 4 is 6.79 Å². The fourth-order valence-corrected chi connectivity index (χ4v) is 1.13. The lowest BCUT2D eigenvalue weighted by Gasteiger charge is -2.15. The predicted octanol–water partition coefficient (Wildman–Crippen LogP) is 2.76. The van der Waals surface area contributed by atoms with Gasteiger partial charge in [0.1, 0.15) is 6.79 Å². The predicted molar refractivity (Wildman–Crippen MR) is 56.3 cm³/mol. The first-order chi connectivity index (χ1) is 5.39. The van der Waals surface area contributed by atoms with Crippen LogP contribution in [-0.2, 0) is 4.79 Å². The molecule has 12 heavy (non-hydrogen) atoms. The Balaban J connectivity index is -0.000000144. The topological polar surface area (TPSA) is 43.1 Å². The Kier molecular flexibility index (Phi) is 24.9. The van der Waals surface area contributed by atoms with Crippen molar-refractivity contribution in [1.82, 2.24) is 0 Å². The zero-order valence-electron chi connectivity index (χ0n) is 7.81. The number of nitrogens with two attached hydrogens (primary N) is 1. The summed E-state index contributed by atoms with van der Waals surface area (Å²) in [4.78, 5) is 8.00. The van der Waals surface area contributed by atoms with Gasteiger partial charge in [-0.2, -0.15) is 0 Å². The molecule has 1 saturated carbocycles. The fourth-order valence-electron chi connectivity index (χ4n) is 1.13. The third-order valence-corrected chi connectivity index (χ3v) is 1.65. The second-order valence-corrected chi connectivity index (χ2v) is 2.40. The molecule has 0 unspecified atom stereocenters. The maximum absolute atomic E-state index is 8.00. The molecule has 1 aliphatic carbocycles. The Bertz CT molecular complexity index is 60.9. The van der Waals surface area contributed by atoms with E-state index in [0.717, 1.165) is 0 Å². The van der Waals surface area contributed by atoms with Crippen LogP contribution >= 0.6 is 0 Å². The van der Waals surface area contributed by atoms with Gasteiger partial charge in [-0.05, 0) is 12.8 Å². The minimum absolute atomic E-state index is 0. The van der Waals surface area contributed by atoms with E-state index in [0.29, 0.717) is 6.04 Å². The quantitative estimate of drug-likeness (QED) is 0.615. The van der Waals surface area contributed by atoms with Crippen molar-refractivity contribution in [3.05, 3.63) is 0 Å². The molecule has 76 valence electrons. The first-order valence-electron chi connectivity index (χ1n) is 4.44. The van der Waals surface area contributed by atoms with E-state index in [1.165, 1.54) is 32.1 Å². The number of hydrogen-bond acceptors (Lipinski definition) is 2. The van der Waals surface area contributed by atoms with Crippen LogP contribution < -0.4 is 5.73 Å². The first kappa shape index (κ1) is 17.6. The molecule has 0 saturated heterocycles. The van der Waals surface area contributed by atoms with Gasteiger partial charge in [0.2, 0.25) is 0 Å². The number of hydrogen-bond donors (Lipinski definition) is 1. The van der Waals surface area contributed by atoms with E-state index in [-0.39, 0.29) is 7.43 Å². The lowest BCUT2D eigenvalue weighted by molar-refractivity contribution is -0.0979. The summed E-state index contributed by atoms with van der Waals surface area (Å²) >= 11 is 0. The van der Waals surface area contributed by atoms with Crippen LogP contribution in [0.2, 0.25) is 0 Å². The number of rotatable bonds is 0. The van der Waals surface area contributed by atoms with E-state index >= 15 is 0 Å². The number of carbonyl (C=O) groups is 1. The van der Waals surface area contributed by atoms with Crippen LogP contribution in [0.15, 0.2) is 0 Å². The van der Waals surface area contributed by atoms with Crippen LogP contribution in [0.5, 0.6) is 0 Å². The molecule has 0 aliphatic heterocycles. The van der Waals surface area contributed by atoms with Gasteiger partial charge >= 0.3 is 0 Å². The Morgan fingerprint density at radius 3 is 1.58 bits per heavy atom. The Morgan fingerprint density at radius 1 is 1.08 bits per heavy atom. The standard InChI is InChI=1S/C6H13N.C2H6.CH2O.CH4/c7-6-4-2-1-3-5-6;2*1-2;/h6H,1-5,7H2;1-2H3;1H2;1H4. The van der Waals surface area contributed by atoms with Crippen molar-refractivity contribution in [2.24, 2.45) is 5.73 Å². The molecule has 1 aliphatic rings. The average Bonchev–Trinajstić information content (AvgIpc) is 2.13. The highest BCUT2D eigenvalue weighted by molar-refractivity contribution is 5.10. The summed E-state index contributed by atoms with van der Waals surface area (Å²) in [6.07, 6.45) is 6.66. The maximum atomic E-state index is 8.00. The molecule has 0 aromatic rings. The van der Waals surface area contributed by atoms with Crippen molar-refractivity contribution in [2.45, 2.75) is 59.4 Å². The lowest BCUT2D eigenvalue weighted by atomic mass is 9.97. The van der Waals surface area contributed by atoms with E-state index in [4.69, 9.17) is 10.5 Å². The van der Waals surface area contributed by atoms with Crippen LogP contribution in [0.1, 0.15) is 53.4 Å². The molecular weight excluding hydrogens is 150 g/mol. The van der Waals surface area contributed by atoms with E-state index in [2.05, 4.69) is 0 Å². The minimum Gasteiger partial charge on any atom is -0.328 e. The monoisotopic (exact) mass is 175 g/mol. The summed E-state index contributed by atoms with van der Waals surface area (Å²) in [6.45, 7) is 6.00. The molecule has 1 fully saturated rings. The highest BCUT2D eigenvalue weighted by Gasteiger charge is 2.06. The van der Waals surface area contributed by atoms with Crippen molar-refractivity contribution in [2.75, 3.05) is 0 Å². The van der Waals surface area contributed by atoms with Gasteiger partial charge in [0.25, 0.3) is 0 Å². The van der Waals surface area contributed by atoms with E-state index in [9.17, 15) is 0 Å². The normalized spacial score (nSPS) is 15.6. The zero-order valence-corrected chi connectivity index (χ0v) is 7.81. The molecule has 0 aromatic carbocycles. The van der Waals surface area contributed by atoms with Gasteiger partial charge < -0.3 is 10.5 Å². The van der Waals surface area contributed by atoms with Gasteiger partial charge in [-0.25, -0.2) is 0 Å². The SMILES string of the molecule is C.C=O.CC.NC1CCCCC1. The van der Waals surface area contributed by atoms with Crippen LogP contribution in [0.3, 0.4) is 0 Å².